The second kappa shape index (κ2) is 3.68. The van der Waals surface area contributed by atoms with Gasteiger partial charge in [-0.1, -0.05) is 30.4 Å². The lowest BCUT2D eigenvalue weighted by molar-refractivity contribution is -0.183. The molecule has 4 heteroatoms. The minimum atomic E-state index is -4.39. The maximum absolute atomic E-state index is 12.7. The van der Waals surface area contributed by atoms with Crippen molar-refractivity contribution in [3.05, 3.63) is 36.0 Å². The third-order valence-corrected chi connectivity index (χ3v) is 2.30. The summed E-state index contributed by atoms with van der Waals surface area (Å²) in [7, 11) is 0. The molecule has 0 aromatic rings. The van der Waals surface area contributed by atoms with Crippen molar-refractivity contribution in [2.24, 2.45) is 5.41 Å². The minimum absolute atomic E-state index is 0.0832. The maximum atomic E-state index is 12.7. The topological polar surface area (TPSA) is 17.1 Å². The first-order chi connectivity index (χ1) is 6.76. The fourth-order valence-corrected chi connectivity index (χ4v) is 1.23. The molecule has 0 saturated heterocycles. The molecule has 1 aliphatic carbocycles. The van der Waals surface area contributed by atoms with Crippen LogP contribution in [0.2, 0.25) is 0 Å². The molecule has 1 aliphatic rings. The molecular weight excluding hydrogens is 205 g/mol. The summed E-state index contributed by atoms with van der Waals surface area (Å²) in [5, 5.41) is 0. The second-order valence-corrected chi connectivity index (χ2v) is 3.65. The molecule has 1 nitrogen and oxygen atoms in total. The molecule has 0 bridgehead atoms. The predicted molar refractivity (Wildman–Crippen MR) is 51.2 cm³/mol. The molecule has 0 radical (unpaired) electrons. The summed E-state index contributed by atoms with van der Waals surface area (Å²) in [5.74, 6) is -0.370. The number of carbonyl (C=O) groups excluding carboxylic acids is 1. The molecule has 1 atom stereocenters. The van der Waals surface area contributed by atoms with Crippen LogP contribution in [-0.2, 0) is 4.79 Å². The number of alkyl halides is 3. The molecule has 0 saturated carbocycles. The Balaban J connectivity index is 3.22. The third-order valence-electron chi connectivity index (χ3n) is 2.30. The van der Waals surface area contributed by atoms with Crippen LogP contribution >= 0.6 is 0 Å². The first-order valence-electron chi connectivity index (χ1n) is 4.43. The smallest absolute Gasteiger partial charge is 0.295 e. The van der Waals surface area contributed by atoms with Crippen molar-refractivity contribution >= 4 is 5.78 Å². The van der Waals surface area contributed by atoms with Crippen molar-refractivity contribution in [2.45, 2.75) is 20.0 Å². The van der Waals surface area contributed by atoms with Crippen LogP contribution in [0.5, 0.6) is 0 Å². The van der Waals surface area contributed by atoms with Crippen LogP contribution in [0.4, 0.5) is 13.2 Å². The Morgan fingerprint density at radius 3 is 2.40 bits per heavy atom. The van der Waals surface area contributed by atoms with Crippen LogP contribution in [0.1, 0.15) is 13.8 Å². The Morgan fingerprint density at radius 2 is 1.93 bits per heavy atom. The molecule has 1 unspecified atom stereocenters. The zero-order valence-electron chi connectivity index (χ0n) is 8.43. The van der Waals surface area contributed by atoms with Crippen molar-refractivity contribution in [1.82, 2.24) is 0 Å². The Bertz CT molecular complexity index is 361. The Kier molecular flexibility index (Phi) is 2.88. The molecule has 0 spiro atoms. The molecule has 0 amide bonds. The molecule has 0 aliphatic heterocycles. The lowest BCUT2D eigenvalue weighted by Gasteiger charge is -2.25. The summed E-state index contributed by atoms with van der Waals surface area (Å²) < 4.78 is 38.1. The average Bonchev–Trinajstić information content (AvgIpc) is 2.26. The van der Waals surface area contributed by atoms with Gasteiger partial charge in [-0.15, -0.1) is 0 Å². The van der Waals surface area contributed by atoms with Crippen LogP contribution in [0.15, 0.2) is 36.0 Å². The zero-order valence-corrected chi connectivity index (χ0v) is 8.43. The van der Waals surface area contributed by atoms with E-state index in [0.29, 0.717) is 0 Å². The van der Waals surface area contributed by atoms with Crippen molar-refractivity contribution in [2.75, 3.05) is 0 Å². The molecule has 0 fully saturated rings. The zero-order chi connectivity index (χ0) is 11.7. The SMILES string of the molecule is CC(=O)C1=CC(C)(C(F)(F)F)C=CC=C1. The third kappa shape index (κ3) is 2.37. The molecular formula is C11H11F3O. The molecule has 15 heavy (non-hydrogen) atoms. The summed E-state index contributed by atoms with van der Waals surface area (Å²) >= 11 is 0. The molecule has 82 valence electrons. The quantitative estimate of drug-likeness (QED) is 0.657. The predicted octanol–water partition coefficient (Wildman–Crippen LogP) is 3.20. The fraction of sp³-hybridized carbons (Fsp3) is 0.364. The van der Waals surface area contributed by atoms with Gasteiger partial charge >= 0.3 is 6.18 Å². The number of allylic oxidation sites excluding steroid dienone is 6. The highest BCUT2D eigenvalue weighted by Crippen LogP contribution is 2.42. The van der Waals surface area contributed by atoms with Gasteiger partial charge in [0.05, 0.1) is 0 Å². The van der Waals surface area contributed by atoms with E-state index in [1.165, 1.54) is 25.2 Å². The molecule has 1 rings (SSSR count). The van der Waals surface area contributed by atoms with Crippen LogP contribution in [-0.4, -0.2) is 12.0 Å². The highest BCUT2D eigenvalue weighted by Gasteiger charge is 2.48. The summed E-state index contributed by atoms with van der Waals surface area (Å²) in [6.07, 6.45) is 1.73. The van der Waals surface area contributed by atoms with Gasteiger partial charge in [0.1, 0.15) is 5.41 Å². The number of hydrogen-bond acceptors (Lipinski definition) is 1. The van der Waals surface area contributed by atoms with Gasteiger partial charge in [0.2, 0.25) is 0 Å². The van der Waals surface area contributed by atoms with Crippen LogP contribution in [0, 0.1) is 5.41 Å². The highest BCUT2D eigenvalue weighted by molar-refractivity contribution is 5.96. The van der Waals surface area contributed by atoms with E-state index in [1.54, 1.807) is 0 Å². The van der Waals surface area contributed by atoms with Gasteiger partial charge in [-0.05, 0) is 13.8 Å². The van der Waals surface area contributed by atoms with Crippen molar-refractivity contribution in [1.29, 1.82) is 0 Å². The van der Waals surface area contributed by atoms with Crippen LogP contribution in [0.3, 0.4) is 0 Å². The number of rotatable bonds is 1. The number of hydrogen-bond donors (Lipinski definition) is 0. The normalized spacial score (nSPS) is 26.1. The van der Waals surface area contributed by atoms with Gasteiger partial charge in [0.25, 0.3) is 0 Å². The van der Waals surface area contributed by atoms with Crippen molar-refractivity contribution < 1.29 is 18.0 Å². The lowest BCUT2D eigenvalue weighted by Crippen LogP contribution is -2.31. The van der Waals surface area contributed by atoms with Gasteiger partial charge in [-0.3, -0.25) is 4.79 Å². The van der Waals surface area contributed by atoms with E-state index in [0.717, 1.165) is 19.1 Å². The fourth-order valence-electron chi connectivity index (χ4n) is 1.23. The van der Waals surface area contributed by atoms with Crippen molar-refractivity contribution in [3.8, 4) is 0 Å². The number of ketones is 1. The van der Waals surface area contributed by atoms with Crippen LogP contribution < -0.4 is 0 Å². The number of carbonyl (C=O) groups is 1. The maximum Gasteiger partial charge on any atom is 0.400 e. The number of Topliss-reactive ketones (excluding diaryl/α,β-unsaturated/α-hetero) is 1. The Labute approximate surface area is 86.0 Å². The van der Waals surface area contributed by atoms with E-state index in [2.05, 4.69) is 0 Å². The van der Waals surface area contributed by atoms with E-state index in [4.69, 9.17) is 0 Å². The van der Waals surface area contributed by atoms with Gasteiger partial charge in [-0.25, -0.2) is 0 Å². The van der Waals surface area contributed by atoms with E-state index in [-0.39, 0.29) is 11.4 Å². The molecule has 0 aromatic heterocycles. The summed E-state index contributed by atoms with van der Waals surface area (Å²) in [6, 6.07) is 0. The van der Waals surface area contributed by atoms with E-state index >= 15 is 0 Å². The average molecular weight is 216 g/mol. The standard InChI is InChI=1S/C11H11F3O/c1-8(15)9-5-3-4-6-10(2,7-9)11(12,13)14/h3-7H,1-2H3. The molecule has 0 heterocycles. The summed E-state index contributed by atoms with van der Waals surface area (Å²) in [6.45, 7) is 2.29. The van der Waals surface area contributed by atoms with E-state index in [1.807, 2.05) is 0 Å². The van der Waals surface area contributed by atoms with Crippen molar-refractivity contribution in [3.63, 3.8) is 0 Å². The minimum Gasteiger partial charge on any atom is -0.295 e. The monoisotopic (exact) mass is 216 g/mol. The van der Waals surface area contributed by atoms with Gasteiger partial charge in [0.15, 0.2) is 5.78 Å². The second-order valence-electron chi connectivity index (χ2n) is 3.65. The lowest BCUT2D eigenvalue weighted by atomic mass is 9.87. The molecule has 0 N–H and O–H groups in total. The largest absolute Gasteiger partial charge is 0.400 e. The van der Waals surface area contributed by atoms with E-state index < -0.39 is 11.6 Å². The number of halogens is 3. The highest BCUT2D eigenvalue weighted by atomic mass is 19.4. The summed E-state index contributed by atoms with van der Waals surface area (Å²) in [4.78, 5) is 11.1. The summed E-state index contributed by atoms with van der Waals surface area (Å²) in [5.41, 5.74) is -1.99. The Morgan fingerprint density at radius 1 is 1.33 bits per heavy atom. The van der Waals surface area contributed by atoms with Crippen LogP contribution in [0.25, 0.3) is 0 Å². The van der Waals surface area contributed by atoms with Gasteiger partial charge in [0, 0.05) is 5.57 Å². The first kappa shape index (κ1) is 11.8. The van der Waals surface area contributed by atoms with Gasteiger partial charge < -0.3 is 0 Å². The van der Waals surface area contributed by atoms with Gasteiger partial charge in [-0.2, -0.15) is 13.2 Å². The molecule has 0 aromatic carbocycles. The first-order valence-corrected chi connectivity index (χ1v) is 4.43. The Hall–Kier alpha value is -1.32. The van der Waals surface area contributed by atoms with E-state index in [9.17, 15) is 18.0 Å².